The van der Waals surface area contributed by atoms with E-state index in [4.69, 9.17) is 9.47 Å². The van der Waals surface area contributed by atoms with E-state index in [0.717, 1.165) is 44.5 Å². The number of alkyl halides is 3. The predicted octanol–water partition coefficient (Wildman–Crippen LogP) is 7.66. The summed E-state index contributed by atoms with van der Waals surface area (Å²) in [5, 5.41) is 15.4. The summed E-state index contributed by atoms with van der Waals surface area (Å²) in [7, 11) is 2.15. The van der Waals surface area contributed by atoms with Gasteiger partial charge in [-0.3, -0.25) is 4.79 Å². The first-order valence-corrected chi connectivity index (χ1v) is 17.6. The molecule has 4 atom stereocenters. The van der Waals surface area contributed by atoms with Gasteiger partial charge in [-0.1, -0.05) is 26.2 Å². The Morgan fingerprint density at radius 1 is 0.980 bits per heavy atom. The van der Waals surface area contributed by atoms with Crippen LogP contribution in [0.4, 0.5) is 29.3 Å². The summed E-state index contributed by atoms with van der Waals surface area (Å²) in [5.74, 6) is 0.659. The Bertz CT molecular complexity index is 1350. The van der Waals surface area contributed by atoms with Gasteiger partial charge < -0.3 is 35.0 Å². The van der Waals surface area contributed by atoms with Gasteiger partial charge in [-0.2, -0.15) is 13.2 Å². The molecule has 1 saturated carbocycles. The molecule has 2 aliphatic rings. The summed E-state index contributed by atoms with van der Waals surface area (Å²) in [6, 6.07) is 7.72. The van der Waals surface area contributed by atoms with E-state index in [1.807, 2.05) is 6.92 Å². The molecular formula is C37H53F3N4O5. The summed E-state index contributed by atoms with van der Waals surface area (Å²) in [6.45, 7) is 8.29. The predicted molar refractivity (Wildman–Crippen MR) is 185 cm³/mol. The molecule has 12 heteroatoms. The van der Waals surface area contributed by atoms with Crippen molar-refractivity contribution in [3.8, 4) is 5.75 Å². The van der Waals surface area contributed by atoms with E-state index in [2.05, 4.69) is 29.5 Å². The minimum absolute atomic E-state index is 0.0474. The SMILES string of the molecule is C[C@@H]1CCCCO[C@@H](CN(C)CC2CCCCC2)[C@H](C)CN([C@@H](C)CO)C(=O)c2cc(NC(=O)Nc3ccc(C(F)(F)F)cc3)ccc2O1. The molecule has 272 valence electrons. The molecule has 0 spiro atoms. The number of ether oxygens (including phenoxy) is 2. The fourth-order valence-corrected chi connectivity index (χ4v) is 6.69. The molecule has 1 aliphatic carbocycles. The minimum atomic E-state index is -4.49. The van der Waals surface area contributed by atoms with Crippen LogP contribution >= 0.6 is 0 Å². The quantitative estimate of drug-likeness (QED) is 0.263. The first-order chi connectivity index (χ1) is 23.3. The molecule has 3 amide bonds. The molecule has 2 aromatic carbocycles. The number of amides is 3. The molecule has 9 nitrogen and oxygen atoms in total. The van der Waals surface area contributed by atoms with Gasteiger partial charge in [-0.15, -0.1) is 0 Å². The van der Waals surface area contributed by atoms with E-state index >= 15 is 0 Å². The third kappa shape index (κ3) is 11.6. The first-order valence-electron chi connectivity index (χ1n) is 17.6. The topological polar surface area (TPSA) is 103 Å². The van der Waals surface area contributed by atoms with Crippen LogP contribution in [0.3, 0.4) is 0 Å². The van der Waals surface area contributed by atoms with Crippen LogP contribution in [0.2, 0.25) is 0 Å². The largest absolute Gasteiger partial charge is 0.490 e. The number of fused-ring (bicyclic) bond motifs is 1. The Hall–Kier alpha value is -3.35. The number of carbonyl (C=O) groups is 2. The van der Waals surface area contributed by atoms with E-state index in [0.29, 0.717) is 30.5 Å². The number of benzene rings is 2. The van der Waals surface area contributed by atoms with Gasteiger partial charge in [0.25, 0.3) is 5.91 Å². The zero-order valence-electron chi connectivity index (χ0n) is 29.2. The van der Waals surface area contributed by atoms with Crippen LogP contribution in [0.25, 0.3) is 0 Å². The number of nitrogens with zero attached hydrogens (tertiary/aromatic N) is 2. The first kappa shape index (κ1) is 38.5. The molecule has 1 fully saturated rings. The van der Waals surface area contributed by atoms with Gasteiger partial charge in [-0.25, -0.2) is 4.79 Å². The van der Waals surface area contributed by atoms with Crippen LogP contribution in [0.15, 0.2) is 42.5 Å². The number of hydrogen-bond donors (Lipinski definition) is 3. The van der Waals surface area contributed by atoms with Crippen molar-refractivity contribution in [2.45, 2.75) is 96.6 Å². The zero-order valence-corrected chi connectivity index (χ0v) is 29.2. The molecule has 0 radical (unpaired) electrons. The highest BCUT2D eigenvalue weighted by molar-refractivity contribution is 6.02. The second-order valence-corrected chi connectivity index (χ2v) is 13.9. The van der Waals surface area contributed by atoms with E-state index in [1.165, 1.54) is 50.3 Å². The van der Waals surface area contributed by atoms with Crippen LogP contribution in [-0.4, -0.2) is 85.0 Å². The molecule has 0 saturated heterocycles. The minimum Gasteiger partial charge on any atom is -0.490 e. The molecule has 2 aromatic rings. The number of hydrogen-bond acceptors (Lipinski definition) is 6. The smallest absolute Gasteiger partial charge is 0.416 e. The molecule has 1 aliphatic heterocycles. The zero-order chi connectivity index (χ0) is 35.6. The number of carbonyl (C=O) groups excluding carboxylic acids is 2. The van der Waals surface area contributed by atoms with Crippen molar-refractivity contribution < 1.29 is 37.3 Å². The van der Waals surface area contributed by atoms with Gasteiger partial charge in [-0.05, 0) is 101 Å². The van der Waals surface area contributed by atoms with Crippen molar-refractivity contribution >= 4 is 23.3 Å². The monoisotopic (exact) mass is 690 g/mol. The lowest BCUT2D eigenvalue weighted by Crippen LogP contribution is -2.47. The van der Waals surface area contributed by atoms with E-state index < -0.39 is 23.8 Å². The van der Waals surface area contributed by atoms with E-state index in [-0.39, 0.29) is 41.9 Å². The Morgan fingerprint density at radius 3 is 2.31 bits per heavy atom. The second kappa shape index (κ2) is 18.1. The molecule has 49 heavy (non-hydrogen) atoms. The number of likely N-dealkylation sites (N-methyl/N-ethyl adjacent to an activating group) is 1. The lowest BCUT2D eigenvalue weighted by Gasteiger charge is -2.36. The standard InChI is InChI=1S/C37H53F3N4O5/c1-25-21-44(26(2)24-45)35(46)32-20-31(42-36(47)41-30-15-13-29(14-16-30)37(38,39)40)17-18-33(32)49-27(3)10-8-9-19-48-34(25)23-43(4)22-28-11-6-5-7-12-28/h13-18,20,25-28,34,45H,5-12,19,21-24H2,1-4H3,(H2,41,42,47)/t25-,26+,27-,34+/m1/s1. The summed E-state index contributed by atoms with van der Waals surface area (Å²) >= 11 is 0. The Kier molecular flexibility index (Phi) is 14.2. The Morgan fingerprint density at radius 2 is 1.63 bits per heavy atom. The molecule has 0 unspecified atom stereocenters. The van der Waals surface area contributed by atoms with Crippen molar-refractivity contribution in [3.05, 3.63) is 53.6 Å². The molecule has 0 aromatic heterocycles. The van der Waals surface area contributed by atoms with Gasteiger partial charge in [0, 0.05) is 43.5 Å². The Labute approximate surface area is 288 Å². The lowest BCUT2D eigenvalue weighted by molar-refractivity contribution is -0.137. The fourth-order valence-electron chi connectivity index (χ4n) is 6.69. The molecule has 1 heterocycles. The van der Waals surface area contributed by atoms with Gasteiger partial charge in [0.1, 0.15) is 5.75 Å². The molecular weight excluding hydrogens is 637 g/mol. The number of rotatable bonds is 8. The summed E-state index contributed by atoms with van der Waals surface area (Å²) in [5.41, 5.74) is -0.118. The number of halogens is 3. The highest BCUT2D eigenvalue weighted by Crippen LogP contribution is 2.31. The van der Waals surface area contributed by atoms with E-state index in [9.17, 15) is 27.9 Å². The van der Waals surface area contributed by atoms with Crippen LogP contribution in [0.1, 0.15) is 88.1 Å². The normalized spacial score (nSPS) is 22.5. The number of aliphatic hydroxyl groups is 1. The number of urea groups is 1. The van der Waals surface area contributed by atoms with Gasteiger partial charge in [0.2, 0.25) is 0 Å². The summed E-state index contributed by atoms with van der Waals surface area (Å²) in [4.78, 5) is 31.2. The highest BCUT2D eigenvalue weighted by atomic mass is 19.4. The summed E-state index contributed by atoms with van der Waals surface area (Å²) in [6.07, 6.45) is 4.13. The maximum absolute atomic E-state index is 14.4. The molecule has 4 rings (SSSR count). The number of anilines is 2. The maximum atomic E-state index is 14.4. The average Bonchev–Trinajstić information content (AvgIpc) is 3.06. The van der Waals surface area contributed by atoms with Crippen LogP contribution in [0, 0.1) is 11.8 Å². The summed E-state index contributed by atoms with van der Waals surface area (Å²) < 4.78 is 51.6. The van der Waals surface area contributed by atoms with E-state index in [1.54, 1.807) is 24.0 Å². The highest BCUT2D eigenvalue weighted by Gasteiger charge is 2.32. The Balaban J connectivity index is 1.55. The lowest BCUT2D eigenvalue weighted by atomic mass is 9.89. The van der Waals surface area contributed by atoms with Crippen molar-refractivity contribution in [2.75, 3.05) is 50.5 Å². The third-order valence-corrected chi connectivity index (χ3v) is 9.57. The van der Waals surface area contributed by atoms with Crippen molar-refractivity contribution in [2.24, 2.45) is 11.8 Å². The van der Waals surface area contributed by atoms with Crippen LogP contribution < -0.4 is 15.4 Å². The number of aliphatic hydroxyl groups excluding tert-OH is 1. The molecule has 0 bridgehead atoms. The average molecular weight is 691 g/mol. The maximum Gasteiger partial charge on any atom is 0.416 e. The number of nitrogens with one attached hydrogen (secondary N) is 2. The van der Waals surface area contributed by atoms with Gasteiger partial charge in [0.15, 0.2) is 0 Å². The second-order valence-electron chi connectivity index (χ2n) is 13.9. The van der Waals surface area contributed by atoms with Crippen molar-refractivity contribution in [1.29, 1.82) is 0 Å². The van der Waals surface area contributed by atoms with Gasteiger partial charge in [0.05, 0.1) is 36.0 Å². The van der Waals surface area contributed by atoms with Gasteiger partial charge >= 0.3 is 12.2 Å². The van der Waals surface area contributed by atoms with Crippen molar-refractivity contribution in [3.63, 3.8) is 0 Å². The van der Waals surface area contributed by atoms with Crippen molar-refractivity contribution in [1.82, 2.24) is 9.80 Å². The van der Waals surface area contributed by atoms with Crippen LogP contribution in [-0.2, 0) is 10.9 Å². The third-order valence-electron chi connectivity index (χ3n) is 9.57. The fraction of sp³-hybridized carbons (Fsp3) is 0.622. The molecule has 3 N–H and O–H groups in total. The van der Waals surface area contributed by atoms with Crippen LogP contribution in [0.5, 0.6) is 5.75 Å².